The molecule has 8 nitrogen and oxygen atoms in total. The molecule has 1 aliphatic rings. The molecule has 0 aliphatic heterocycles. The second-order valence-electron chi connectivity index (χ2n) is 6.42. The summed E-state index contributed by atoms with van der Waals surface area (Å²) in [5, 5.41) is 14.9. The zero-order valence-corrected chi connectivity index (χ0v) is 14.5. The summed E-state index contributed by atoms with van der Waals surface area (Å²) in [5.41, 5.74) is 2.85. The predicted molar refractivity (Wildman–Crippen MR) is 96.5 cm³/mol. The smallest absolute Gasteiger partial charge is 0.333 e. The number of nitrogens with zero attached hydrogens (tertiary/aromatic N) is 5. The third-order valence-electron chi connectivity index (χ3n) is 4.66. The van der Waals surface area contributed by atoms with Crippen molar-refractivity contribution in [1.29, 1.82) is 0 Å². The minimum Gasteiger partial charge on any atom is -0.351 e. The maximum atomic E-state index is 11.5. The van der Waals surface area contributed by atoms with Gasteiger partial charge < -0.3 is 5.32 Å². The molecule has 0 fully saturated rings. The second-order valence-corrected chi connectivity index (χ2v) is 6.42. The fourth-order valence-electron chi connectivity index (χ4n) is 3.44. The highest BCUT2D eigenvalue weighted by Gasteiger charge is 2.26. The van der Waals surface area contributed by atoms with Crippen molar-refractivity contribution in [3.63, 3.8) is 0 Å². The molecule has 8 heteroatoms. The first-order valence-electron chi connectivity index (χ1n) is 8.39. The average Bonchev–Trinajstić information content (AvgIpc) is 3.19. The Balaban J connectivity index is 1.69. The van der Waals surface area contributed by atoms with E-state index >= 15 is 0 Å². The van der Waals surface area contributed by atoms with E-state index in [1.807, 2.05) is 12.1 Å². The summed E-state index contributed by atoms with van der Waals surface area (Å²) < 4.78 is 1.61. The van der Waals surface area contributed by atoms with Crippen molar-refractivity contribution >= 4 is 11.6 Å². The van der Waals surface area contributed by atoms with Gasteiger partial charge >= 0.3 is 5.69 Å². The first-order chi connectivity index (χ1) is 12.5. The Bertz CT molecular complexity index is 972. The van der Waals surface area contributed by atoms with E-state index in [0.29, 0.717) is 17.5 Å². The van der Waals surface area contributed by atoms with Gasteiger partial charge in [-0.15, -0.1) is 0 Å². The van der Waals surface area contributed by atoms with E-state index in [2.05, 4.69) is 32.4 Å². The number of rotatable bonds is 4. The molecule has 0 spiro atoms. The normalized spacial score (nSPS) is 13.6. The molecule has 0 unspecified atom stereocenters. The van der Waals surface area contributed by atoms with E-state index in [1.54, 1.807) is 30.8 Å². The van der Waals surface area contributed by atoms with Crippen LogP contribution in [0.5, 0.6) is 0 Å². The number of hydrogen-bond acceptors (Lipinski definition) is 6. The summed E-state index contributed by atoms with van der Waals surface area (Å²) in [6, 6.07) is 8.49. The van der Waals surface area contributed by atoms with Crippen molar-refractivity contribution in [3.8, 4) is 5.82 Å². The van der Waals surface area contributed by atoms with Gasteiger partial charge in [0.05, 0.1) is 4.92 Å². The molecular weight excluding hydrogens is 332 g/mol. The highest BCUT2D eigenvalue weighted by atomic mass is 16.6. The van der Waals surface area contributed by atoms with Crippen LogP contribution in [0.3, 0.4) is 0 Å². The fraction of sp³-hybridized carbons (Fsp3) is 0.278. The Labute approximate surface area is 150 Å². The van der Waals surface area contributed by atoms with Crippen LogP contribution >= 0.6 is 0 Å². The average molecular weight is 350 g/mol. The number of nitro groups is 1. The molecule has 0 radical (unpaired) electrons. The third kappa shape index (κ3) is 2.79. The first kappa shape index (κ1) is 16.2. The summed E-state index contributed by atoms with van der Waals surface area (Å²) in [6.07, 6.45) is 5.03. The van der Waals surface area contributed by atoms with Gasteiger partial charge in [-0.2, -0.15) is 4.98 Å². The summed E-state index contributed by atoms with van der Waals surface area (Å²) in [5.74, 6) is 1.26. The van der Waals surface area contributed by atoms with Crippen LogP contribution in [-0.4, -0.2) is 30.5 Å². The van der Waals surface area contributed by atoms with Crippen LogP contribution in [0.15, 0.2) is 36.7 Å². The predicted octanol–water partition coefficient (Wildman–Crippen LogP) is 2.77. The standard InChI is InChI=1S/C18H18N6O2/c1-11-16(24(25)26)17(23-8-7-19-12(23)2)22-18(20-11)21-15-9-13-5-3-4-6-14(13)10-15/h3-8,15H,9-10H2,1-2H3,(H,20,21,22). The van der Waals surface area contributed by atoms with E-state index in [4.69, 9.17) is 0 Å². The van der Waals surface area contributed by atoms with Gasteiger partial charge in [-0.25, -0.2) is 9.97 Å². The third-order valence-corrected chi connectivity index (χ3v) is 4.66. The molecule has 0 bridgehead atoms. The van der Waals surface area contributed by atoms with Crippen molar-refractivity contribution in [3.05, 3.63) is 69.4 Å². The van der Waals surface area contributed by atoms with Gasteiger partial charge in [0.25, 0.3) is 0 Å². The molecule has 26 heavy (non-hydrogen) atoms. The lowest BCUT2D eigenvalue weighted by atomic mass is 10.1. The molecule has 1 N–H and O–H groups in total. The highest BCUT2D eigenvalue weighted by Crippen LogP contribution is 2.28. The van der Waals surface area contributed by atoms with Gasteiger partial charge in [-0.1, -0.05) is 24.3 Å². The molecule has 2 heterocycles. The Hall–Kier alpha value is -3.29. The maximum Gasteiger partial charge on any atom is 0.333 e. The molecule has 0 saturated carbocycles. The van der Waals surface area contributed by atoms with E-state index in [1.165, 1.54) is 11.1 Å². The molecule has 3 aromatic rings. The number of hydrogen-bond donors (Lipinski definition) is 1. The molecule has 0 atom stereocenters. The second kappa shape index (κ2) is 6.21. The minimum atomic E-state index is -0.445. The van der Waals surface area contributed by atoms with Gasteiger partial charge in [-0.05, 0) is 37.8 Å². The zero-order chi connectivity index (χ0) is 18.3. The monoisotopic (exact) mass is 350 g/mol. The van der Waals surface area contributed by atoms with Crippen molar-refractivity contribution in [1.82, 2.24) is 19.5 Å². The highest BCUT2D eigenvalue weighted by molar-refractivity contribution is 5.54. The van der Waals surface area contributed by atoms with Gasteiger partial charge in [-0.3, -0.25) is 14.7 Å². The fourth-order valence-corrected chi connectivity index (χ4v) is 3.44. The number of fused-ring (bicyclic) bond motifs is 1. The quantitative estimate of drug-likeness (QED) is 0.574. The minimum absolute atomic E-state index is 0.105. The Morgan fingerprint density at radius 3 is 2.46 bits per heavy atom. The lowest BCUT2D eigenvalue weighted by molar-refractivity contribution is -0.385. The van der Waals surface area contributed by atoms with E-state index in [0.717, 1.165) is 12.8 Å². The molecule has 4 rings (SSSR count). The Kier molecular flexibility index (Phi) is 3.87. The number of anilines is 1. The van der Waals surface area contributed by atoms with Gasteiger partial charge in [0.1, 0.15) is 11.5 Å². The van der Waals surface area contributed by atoms with E-state index in [9.17, 15) is 10.1 Å². The van der Waals surface area contributed by atoms with Crippen molar-refractivity contribution in [2.24, 2.45) is 0 Å². The Morgan fingerprint density at radius 1 is 1.19 bits per heavy atom. The molecule has 0 amide bonds. The van der Waals surface area contributed by atoms with Gasteiger partial charge in [0.15, 0.2) is 0 Å². The van der Waals surface area contributed by atoms with Crippen LogP contribution < -0.4 is 5.32 Å². The van der Waals surface area contributed by atoms with Crippen LogP contribution in [0.1, 0.15) is 22.6 Å². The molecule has 1 aromatic carbocycles. The lowest BCUT2D eigenvalue weighted by Gasteiger charge is -2.14. The SMILES string of the molecule is Cc1nc(NC2Cc3ccccc3C2)nc(-n2ccnc2C)c1[N+](=O)[O-]. The van der Waals surface area contributed by atoms with E-state index in [-0.39, 0.29) is 17.5 Å². The number of benzene rings is 1. The molecular formula is C18H18N6O2. The molecule has 1 aliphatic carbocycles. The topological polar surface area (TPSA) is 98.8 Å². The van der Waals surface area contributed by atoms with Gasteiger partial charge in [0.2, 0.25) is 11.8 Å². The van der Waals surface area contributed by atoms with Crippen molar-refractivity contribution in [2.45, 2.75) is 32.7 Å². The summed E-state index contributed by atoms with van der Waals surface area (Å²) >= 11 is 0. The zero-order valence-electron chi connectivity index (χ0n) is 14.5. The maximum absolute atomic E-state index is 11.5. The van der Waals surface area contributed by atoms with Crippen molar-refractivity contribution in [2.75, 3.05) is 5.32 Å². The lowest BCUT2D eigenvalue weighted by Crippen LogP contribution is -2.22. The summed E-state index contributed by atoms with van der Waals surface area (Å²) in [6.45, 7) is 3.41. The number of nitrogens with one attached hydrogen (secondary N) is 1. The number of imidazole rings is 1. The Morgan fingerprint density at radius 2 is 1.88 bits per heavy atom. The summed E-state index contributed by atoms with van der Waals surface area (Å²) in [4.78, 5) is 24.0. The van der Waals surface area contributed by atoms with Crippen LogP contribution in [0.2, 0.25) is 0 Å². The van der Waals surface area contributed by atoms with Crippen LogP contribution in [0, 0.1) is 24.0 Å². The van der Waals surface area contributed by atoms with Crippen LogP contribution in [0.25, 0.3) is 5.82 Å². The molecule has 2 aromatic heterocycles. The van der Waals surface area contributed by atoms with E-state index < -0.39 is 4.92 Å². The molecule has 0 saturated heterocycles. The van der Waals surface area contributed by atoms with Crippen molar-refractivity contribution < 1.29 is 4.92 Å². The van der Waals surface area contributed by atoms with Crippen LogP contribution in [-0.2, 0) is 12.8 Å². The summed E-state index contributed by atoms with van der Waals surface area (Å²) in [7, 11) is 0. The number of aromatic nitrogens is 4. The number of aryl methyl sites for hydroxylation is 2. The largest absolute Gasteiger partial charge is 0.351 e. The molecule has 132 valence electrons. The first-order valence-corrected chi connectivity index (χ1v) is 8.39. The van der Waals surface area contributed by atoms with Gasteiger partial charge in [0, 0.05) is 18.4 Å². The van der Waals surface area contributed by atoms with Crippen LogP contribution in [0.4, 0.5) is 11.6 Å².